The Morgan fingerprint density at radius 1 is 1.24 bits per heavy atom. The van der Waals surface area contributed by atoms with Gasteiger partial charge in [-0.2, -0.15) is 0 Å². The van der Waals surface area contributed by atoms with E-state index in [4.69, 9.17) is 4.74 Å². The molecule has 3 nitrogen and oxygen atoms in total. The Morgan fingerprint density at radius 3 is 2.67 bits per heavy atom. The number of aromatic nitrogens is 1. The molecule has 0 bridgehead atoms. The lowest BCUT2D eigenvalue weighted by molar-refractivity contribution is 0.304. The molecule has 1 aromatic carbocycles. The van der Waals surface area contributed by atoms with Gasteiger partial charge in [0.05, 0.1) is 6.20 Å². The Bertz CT molecular complexity index is 579. The summed E-state index contributed by atoms with van der Waals surface area (Å²) in [6, 6.07) is 10.1. The van der Waals surface area contributed by atoms with Crippen molar-refractivity contribution in [2.24, 2.45) is 0 Å². The third-order valence-electron chi connectivity index (χ3n) is 2.97. The van der Waals surface area contributed by atoms with E-state index in [2.05, 4.69) is 65.2 Å². The predicted molar refractivity (Wildman–Crippen MR) is 89.3 cm³/mol. The Morgan fingerprint density at radius 2 is 2.05 bits per heavy atom. The molecule has 0 radical (unpaired) electrons. The van der Waals surface area contributed by atoms with Crippen molar-refractivity contribution in [2.75, 3.05) is 0 Å². The van der Waals surface area contributed by atoms with E-state index in [0.29, 0.717) is 6.61 Å². The first-order valence-electron chi connectivity index (χ1n) is 6.99. The van der Waals surface area contributed by atoms with Crippen LogP contribution in [0.5, 0.6) is 5.75 Å². The topological polar surface area (TPSA) is 34.1 Å². The quantitative estimate of drug-likeness (QED) is 0.873. The van der Waals surface area contributed by atoms with Gasteiger partial charge in [0, 0.05) is 28.3 Å². The number of nitrogens with zero attached hydrogens (tertiary/aromatic N) is 1. The highest BCUT2D eigenvalue weighted by Gasteiger charge is 2.09. The third-order valence-corrected chi connectivity index (χ3v) is 3.71. The van der Waals surface area contributed by atoms with Gasteiger partial charge in [-0.15, -0.1) is 0 Å². The summed E-state index contributed by atoms with van der Waals surface area (Å²) < 4.78 is 6.79. The fourth-order valence-corrected chi connectivity index (χ4v) is 2.32. The van der Waals surface area contributed by atoms with E-state index >= 15 is 0 Å². The van der Waals surface area contributed by atoms with E-state index in [9.17, 15) is 0 Å². The van der Waals surface area contributed by atoms with Crippen molar-refractivity contribution in [3.63, 3.8) is 0 Å². The van der Waals surface area contributed by atoms with Crippen molar-refractivity contribution in [3.8, 4) is 5.75 Å². The summed E-state index contributed by atoms with van der Waals surface area (Å²) >= 11 is 3.62. The molecule has 0 fully saturated rings. The average Bonchev–Trinajstić information content (AvgIpc) is 2.44. The van der Waals surface area contributed by atoms with Crippen LogP contribution in [0.25, 0.3) is 0 Å². The molecule has 0 amide bonds. The van der Waals surface area contributed by atoms with Crippen LogP contribution in [0.15, 0.2) is 47.2 Å². The summed E-state index contributed by atoms with van der Waals surface area (Å²) in [5.41, 5.74) is 2.49. The molecule has 4 heteroatoms. The number of halogens is 1. The molecule has 1 N–H and O–H groups in total. The second-order valence-electron chi connectivity index (χ2n) is 6.01. The Balaban J connectivity index is 1.96. The van der Waals surface area contributed by atoms with E-state index in [1.807, 2.05) is 12.1 Å². The first-order valence-corrected chi connectivity index (χ1v) is 7.78. The van der Waals surface area contributed by atoms with Crippen molar-refractivity contribution >= 4 is 15.9 Å². The van der Waals surface area contributed by atoms with Crippen molar-refractivity contribution < 1.29 is 4.74 Å². The van der Waals surface area contributed by atoms with Crippen LogP contribution in [-0.2, 0) is 13.2 Å². The highest BCUT2D eigenvalue weighted by Crippen LogP contribution is 2.21. The number of benzene rings is 1. The predicted octanol–water partition coefficient (Wildman–Crippen LogP) is 4.31. The second kappa shape index (κ2) is 7.05. The minimum atomic E-state index is 0.120. The summed E-state index contributed by atoms with van der Waals surface area (Å²) in [5, 5.41) is 3.48. The van der Waals surface area contributed by atoms with Crippen molar-refractivity contribution in [1.82, 2.24) is 10.3 Å². The molecule has 1 heterocycles. The maximum atomic E-state index is 5.72. The minimum Gasteiger partial charge on any atom is -0.487 e. The van der Waals surface area contributed by atoms with Crippen LogP contribution in [0.4, 0.5) is 0 Å². The molecule has 0 spiro atoms. The molecule has 1 aromatic heterocycles. The molecular weight excluding hydrogens is 328 g/mol. The maximum Gasteiger partial charge on any atom is 0.138 e. The highest BCUT2D eigenvalue weighted by molar-refractivity contribution is 9.10. The molecule has 0 aliphatic carbocycles. The Kier molecular flexibility index (Phi) is 5.37. The first-order chi connectivity index (χ1) is 9.94. The molecule has 0 aliphatic heterocycles. The van der Waals surface area contributed by atoms with Crippen LogP contribution in [0.2, 0.25) is 0 Å². The number of hydrogen-bond donors (Lipinski definition) is 1. The summed E-state index contributed by atoms with van der Waals surface area (Å²) in [5.74, 6) is 0.780. The zero-order valence-electron chi connectivity index (χ0n) is 12.7. The molecule has 0 saturated heterocycles. The molecule has 2 rings (SSSR count). The second-order valence-corrected chi connectivity index (χ2v) is 6.86. The molecule has 112 valence electrons. The lowest BCUT2D eigenvalue weighted by Crippen LogP contribution is -2.35. The Hall–Kier alpha value is -1.39. The molecule has 2 aromatic rings. The number of ether oxygens (including phenoxy) is 1. The number of rotatable bonds is 5. The zero-order chi connectivity index (χ0) is 15.3. The monoisotopic (exact) mass is 348 g/mol. The smallest absolute Gasteiger partial charge is 0.138 e. The van der Waals surface area contributed by atoms with E-state index in [0.717, 1.165) is 22.3 Å². The SMILES string of the molecule is CC(C)(C)NCc1ccc(COc2cccnc2)c(Br)c1. The van der Waals surface area contributed by atoms with Gasteiger partial charge in [0.1, 0.15) is 12.4 Å². The fourth-order valence-electron chi connectivity index (χ4n) is 1.78. The van der Waals surface area contributed by atoms with Gasteiger partial charge in [0.2, 0.25) is 0 Å². The first kappa shape index (κ1) is 16.0. The van der Waals surface area contributed by atoms with Crippen molar-refractivity contribution in [3.05, 3.63) is 58.3 Å². The molecule has 0 atom stereocenters. The standard InChI is InChI=1S/C17H21BrN2O/c1-17(2,3)20-10-13-6-7-14(16(18)9-13)12-21-15-5-4-8-19-11-15/h4-9,11,20H,10,12H2,1-3H3. The summed E-state index contributed by atoms with van der Waals surface area (Å²) in [7, 11) is 0. The highest BCUT2D eigenvalue weighted by atomic mass is 79.9. The van der Waals surface area contributed by atoms with Gasteiger partial charge in [0.25, 0.3) is 0 Å². The van der Waals surface area contributed by atoms with Crippen LogP contribution in [0.3, 0.4) is 0 Å². The van der Waals surface area contributed by atoms with E-state index in [1.54, 1.807) is 12.4 Å². The van der Waals surface area contributed by atoms with Crippen molar-refractivity contribution in [1.29, 1.82) is 0 Å². The van der Waals surface area contributed by atoms with E-state index in [1.165, 1.54) is 5.56 Å². The van der Waals surface area contributed by atoms with Crippen LogP contribution < -0.4 is 10.1 Å². The normalized spacial score (nSPS) is 11.4. The zero-order valence-corrected chi connectivity index (χ0v) is 14.3. The molecule has 21 heavy (non-hydrogen) atoms. The van der Waals surface area contributed by atoms with Gasteiger partial charge in [-0.25, -0.2) is 0 Å². The maximum absolute atomic E-state index is 5.72. The molecule has 0 aliphatic rings. The summed E-state index contributed by atoms with van der Waals surface area (Å²) in [4.78, 5) is 4.04. The summed E-state index contributed by atoms with van der Waals surface area (Å²) in [6.07, 6.45) is 3.45. The minimum absolute atomic E-state index is 0.120. The van der Waals surface area contributed by atoms with E-state index < -0.39 is 0 Å². The van der Waals surface area contributed by atoms with Crippen LogP contribution >= 0.6 is 15.9 Å². The number of hydrogen-bond acceptors (Lipinski definition) is 3. The van der Waals surface area contributed by atoms with Gasteiger partial charge in [-0.05, 0) is 44.5 Å². The van der Waals surface area contributed by atoms with E-state index in [-0.39, 0.29) is 5.54 Å². The molecule has 0 saturated carbocycles. The van der Waals surface area contributed by atoms with Gasteiger partial charge in [-0.1, -0.05) is 28.1 Å². The van der Waals surface area contributed by atoms with Gasteiger partial charge in [0.15, 0.2) is 0 Å². The third kappa shape index (κ3) is 5.48. The number of pyridine rings is 1. The largest absolute Gasteiger partial charge is 0.487 e. The number of nitrogens with one attached hydrogen (secondary N) is 1. The van der Waals surface area contributed by atoms with Crippen LogP contribution in [0.1, 0.15) is 31.9 Å². The average molecular weight is 349 g/mol. The lowest BCUT2D eigenvalue weighted by Gasteiger charge is -2.20. The lowest BCUT2D eigenvalue weighted by atomic mass is 10.1. The Labute approximate surface area is 134 Å². The van der Waals surface area contributed by atoms with Gasteiger partial charge in [-0.3, -0.25) is 4.98 Å². The fraction of sp³-hybridized carbons (Fsp3) is 0.353. The van der Waals surface area contributed by atoms with Crippen LogP contribution in [-0.4, -0.2) is 10.5 Å². The van der Waals surface area contributed by atoms with Crippen LogP contribution in [0, 0.1) is 0 Å². The van der Waals surface area contributed by atoms with Gasteiger partial charge < -0.3 is 10.1 Å². The summed E-state index contributed by atoms with van der Waals surface area (Å²) in [6.45, 7) is 7.87. The molecular formula is C17H21BrN2O. The van der Waals surface area contributed by atoms with Gasteiger partial charge >= 0.3 is 0 Å². The van der Waals surface area contributed by atoms with Crippen molar-refractivity contribution in [2.45, 2.75) is 39.5 Å². The molecule has 0 unspecified atom stereocenters.